The lowest BCUT2D eigenvalue weighted by Gasteiger charge is -2.18. The Morgan fingerprint density at radius 2 is 1.43 bits per heavy atom. The predicted octanol–water partition coefficient (Wildman–Crippen LogP) is 4.48. The van der Waals surface area contributed by atoms with E-state index in [-0.39, 0.29) is 12.3 Å². The number of rotatable bonds is 7. The average Bonchev–Trinajstić information content (AvgIpc) is 2.73. The maximum Gasteiger partial charge on any atom is 0.311 e. The van der Waals surface area contributed by atoms with Crippen molar-refractivity contribution in [3.63, 3.8) is 0 Å². The Morgan fingerprint density at radius 1 is 0.821 bits per heavy atom. The molecule has 0 unspecified atom stereocenters. The van der Waals surface area contributed by atoms with Crippen LogP contribution in [0.25, 0.3) is 0 Å². The lowest BCUT2D eigenvalue weighted by atomic mass is 10.1. The first-order chi connectivity index (χ1) is 13.6. The number of esters is 1. The molecule has 3 rings (SSSR count). The Hall–Kier alpha value is -3.11. The molecule has 4 nitrogen and oxygen atoms in total. The first-order valence-electron chi connectivity index (χ1n) is 8.92. The summed E-state index contributed by atoms with van der Waals surface area (Å²) in [6, 6.07) is 25.5. The van der Waals surface area contributed by atoms with Gasteiger partial charge in [-0.15, -0.1) is 0 Å². The van der Waals surface area contributed by atoms with Crippen LogP contribution in [0, 0.1) is 0 Å². The second-order valence-electron chi connectivity index (χ2n) is 6.29. The largest absolute Gasteiger partial charge is 0.447 e. The van der Waals surface area contributed by atoms with Gasteiger partial charge in [-0.1, -0.05) is 84.4 Å². The summed E-state index contributed by atoms with van der Waals surface area (Å²) in [5.41, 5.74) is 2.36. The molecule has 0 aliphatic rings. The Bertz CT molecular complexity index is 912. The van der Waals surface area contributed by atoms with Crippen molar-refractivity contribution in [1.82, 2.24) is 5.32 Å². The molecular formula is C23H20ClNO3. The summed E-state index contributed by atoms with van der Waals surface area (Å²) < 4.78 is 5.54. The fourth-order valence-electron chi connectivity index (χ4n) is 2.72. The highest BCUT2D eigenvalue weighted by Gasteiger charge is 2.24. The molecular weight excluding hydrogens is 374 g/mol. The standard InChI is InChI=1S/C23H20ClNO3/c24-20-13-11-17(12-14-20)15-21(26)28-22(19-9-5-2-6-10-19)23(27)25-16-18-7-3-1-4-8-18/h1-14,22H,15-16H2,(H,25,27)/t22-/m0/s1. The van der Waals surface area contributed by atoms with E-state index in [0.29, 0.717) is 17.1 Å². The van der Waals surface area contributed by atoms with Gasteiger partial charge in [0.05, 0.1) is 6.42 Å². The van der Waals surface area contributed by atoms with Gasteiger partial charge in [-0.2, -0.15) is 0 Å². The van der Waals surface area contributed by atoms with Gasteiger partial charge in [0.15, 0.2) is 0 Å². The van der Waals surface area contributed by atoms with E-state index in [1.165, 1.54) is 0 Å². The lowest BCUT2D eigenvalue weighted by Crippen LogP contribution is -2.32. The van der Waals surface area contributed by atoms with Gasteiger partial charge in [-0.3, -0.25) is 9.59 Å². The SMILES string of the molecule is O=C(Cc1ccc(Cl)cc1)O[C@H](C(=O)NCc1ccccc1)c1ccccc1. The van der Waals surface area contributed by atoms with Gasteiger partial charge in [-0.05, 0) is 23.3 Å². The molecule has 142 valence electrons. The maximum absolute atomic E-state index is 12.7. The molecule has 1 amide bonds. The van der Waals surface area contributed by atoms with Gasteiger partial charge in [0.1, 0.15) is 0 Å². The van der Waals surface area contributed by atoms with Crippen LogP contribution in [0.4, 0.5) is 0 Å². The van der Waals surface area contributed by atoms with Gasteiger partial charge < -0.3 is 10.1 Å². The number of benzene rings is 3. The predicted molar refractivity (Wildman–Crippen MR) is 109 cm³/mol. The van der Waals surface area contributed by atoms with Crippen LogP contribution in [0.5, 0.6) is 0 Å². The molecule has 28 heavy (non-hydrogen) atoms. The van der Waals surface area contributed by atoms with E-state index in [9.17, 15) is 9.59 Å². The molecule has 0 aliphatic carbocycles. The molecule has 0 radical (unpaired) electrons. The summed E-state index contributed by atoms with van der Waals surface area (Å²) in [6.45, 7) is 0.359. The third-order valence-corrected chi connectivity index (χ3v) is 4.41. The van der Waals surface area contributed by atoms with Crippen molar-refractivity contribution in [2.75, 3.05) is 0 Å². The second-order valence-corrected chi connectivity index (χ2v) is 6.72. The molecule has 0 saturated carbocycles. The number of hydrogen-bond donors (Lipinski definition) is 1. The van der Waals surface area contributed by atoms with Gasteiger partial charge >= 0.3 is 5.97 Å². The molecule has 0 aromatic heterocycles. The van der Waals surface area contributed by atoms with Gasteiger partial charge in [-0.25, -0.2) is 0 Å². The van der Waals surface area contributed by atoms with E-state index >= 15 is 0 Å². The molecule has 0 heterocycles. The van der Waals surface area contributed by atoms with Crippen LogP contribution >= 0.6 is 11.6 Å². The van der Waals surface area contributed by atoms with Gasteiger partial charge in [0, 0.05) is 17.1 Å². The molecule has 1 atom stereocenters. The van der Waals surface area contributed by atoms with Crippen molar-refractivity contribution < 1.29 is 14.3 Å². The monoisotopic (exact) mass is 393 g/mol. The Morgan fingerprint density at radius 3 is 2.07 bits per heavy atom. The summed E-state index contributed by atoms with van der Waals surface area (Å²) in [4.78, 5) is 25.2. The van der Waals surface area contributed by atoms with E-state index in [1.54, 1.807) is 48.5 Å². The quantitative estimate of drug-likeness (QED) is 0.602. The van der Waals surface area contributed by atoms with Crippen LogP contribution in [-0.4, -0.2) is 11.9 Å². The maximum atomic E-state index is 12.7. The third-order valence-electron chi connectivity index (χ3n) is 4.16. The summed E-state index contributed by atoms with van der Waals surface area (Å²) >= 11 is 5.87. The van der Waals surface area contributed by atoms with Crippen molar-refractivity contribution in [3.05, 3.63) is 107 Å². The number of nitrogens with one attached hydrogen (secondary N) is 1. The molecule has 3 aromatic rings. The summed E-state index contributed by atoms with van der Waals surface area (Å²) in [5.74, 6) is -0.842. The third kappa shape index (κ3) is 5.69. The van der Waals surface area contributed by atoms with Crippen molar-refractivity contribution in [2.45, 2.75) is 19.1 Å². The van der Waals surface area contributed by atoms with E-state index in [4.69, 9.17) is 16.3 Å². The molecule has 0 fully saturated rings. The van der Waals surface area contributed by atoms with E-state index in [0.717, 1.165) is 11.1 Å². The van der Waals surface area contributed by atoms with E-state index in [1.807, 2.05) is 36.4 Å². The van der Waals surface area contributed by atoms with Crippen molar-refractivity contribution in [3.8, 4) is 0 Å². The number of halogens is 1. The fraction of sp³-hybridized carbons (Fsp3) is 0.130. The highest BCUT2D eigenvalue weighted by atomic mass is 35.5. The Kier molecular flexibility index (Phi) is 6.82. The molecule has 3 aromatic carbocycles. The molecule has 5 heteroatoms. The minimum atomic E-state index is -1.01. The van der Waals surface area contributed by atoms with Crippen LogP contribution in [0.3, 0.4) is 0 Å². The Balaban J connectivity index is 1.68. The molecule has 0 saturated heterocycles. The van der Waals surface area contributed by atoms with Gasteiger partial charge in [0.2, 0.25) is 6.10 Å². The zero-order valence-corrected chi connectivity index (χ0v) is 15.9. The minimum Gasteiger partial charge on any atom is -0.447 e. The highest BCUT2D eigenvalue weighted by Crippen LogP contribution is 2.19. The number of ether oxygens (including phenoxy) is 1. The topological polar surface area (TPSA) is 55.4 Å². The summed E-state index contributed by atoms with van der Waals surface area (Å²) in [5, 5.41) is 3.44. The van der Waals surface area contributed by atoms with Crippen LogP contribution in [-0.2, 0) is 27.3 Å². The summed E-state index contributed by atoms with van der Waals surface area (Å²) in [7, 11) is 0. The van der Waals surface area contributed by atoms with Gasteiger partial charge in [0.25, 0.3) is 5.91 Å². The zero-order valence-electron chi connectivity index (χ0n) is 15.2. The molecule has 1 N–H and O–H groups in total. The fourth-order valence-corrected chi connectivity index (χ4v) is 2.85. The highest BCUT2D eigenvalue weighted by molar-refractivity contribution is 6.30. The smallest absolute Gasteiger partial charge is 0.311 e. The van der Waals surface area contributed by atoms with E-state index < -0.39 is 12.1 Å². The number of carbonyl (C=O) groups excluding carboxylic acids is 2. The molecule has 0 bridgehead atoms. The van der Waals surface area contributed by atoms with Crippen molar-refractivity contribution in [1.29, 1.82) is 0 Å². The van der Waals surface area contributed by atoms with Crippen molar-refractivity contribution in [2.24, 2.45) is 0 Å². The first kappa shape index (κ1) is 19.6. The van der Waals surface area contributed by atoms with Crippen LogP contribution in [0.15, 0.2) is 84.9 Å². The van der Waals surface area contributed by atoms with Crippen LogP contribution < -0.4 is 5.32 Å². The molecule has 0 aliphatic heterocycles. The molecule has 0 spiro atoms. The minimum absolute atomic E-state index is 0.0620. The summed E-state index contributed by atoms with van der Waals surface area (Å²) in [6.07, 6.45) is -0.948. The lowest BCUT2D eigenvalue weighted by molar-refractivity contribution is -0.155. The van der Waals surface area contributed by atoms with E-state index in [2.05, 4.69) is 5.32 Å². The normalized spacial score (nSPS) is 11.5. The average molecular weight is 394 g/mol. The Labute approximate surface area is 169 Å². The number of amides is 1. The zero-order chi connectivity index (χ0) is 19.8. The first-order valence-corrected chi connectivity index (χ1v) is 9.30. The number of hydrogen-bond acceptors (Lipinski definition) is 3. The van der Waals surface area contributed by atoms with Crippen LogP contribution in [0.1, 0.15) is 22.8 Å². The van der Waals surface area contributed by atoms with Crippen molar-refractivity contribution >= 4 is 23.5 Å². The van der Waals surface area contributed by atoms with Crippen LogP contribution in [0.2, 0.25) is 5.02 Å². The second kappa shape index (κ2) is 9.72. The number of carbonyl (C=O) groups is 2.